The maximum Gasteiger partial charge on any atom is 0.248 e. The Morgan fingerprint density at radius 2 is 1.96 bits per heavy atom. The first kappa shape index (κ1) is 35.9. The van der Waals surface area contributed by atoms with Crippen molar-refractivity contribution in [2.24, 2.45) is 29.4 Å². The van der Waals surface area contributed by atoms with Gasteiger partial charge in [0.15, 0.2) is 17.4 Å². The van der Waals surface area contributed by atoms with Crippen molar-refractivity contribution >= 4 is 34.3 Å². The summed E-state index contributed by atoms with van der Waals surface area (Å²) in [5.41, 5.74) is 9.54. The molecular weight excluding hydrogens is 636 g/mol. The molecule has 1 aliphatic carbocycles. The molecule has 2 heterocycles. The number of amides is 1. The molecule has 1 saturated heterocycles. The van der Waals surface area contributed by atoms with E-state index in [-0.39, 0.29) is 29.3 Å². The Labute approximate surface area is 287 Å². The van der Waals surface area contributed by atoms with Crippen LogP contribution in [0.5, 0.6) is 5.75 Å². The molecule has 0 radical (unpaired) electrons. The van der Waals surface area contributed by atoms with Gasteiger partial charge in [-0.3, -0.25) is 4.79 Å². The first-order chi connectivity index (χ1) is 22.7. The van der Waals surface area contributed by atoms with Crippen molar-refractivity contribution in [1.82, 2.24) is 0 Å². The average molecular weight is 687 g/mol. The number of nitrogens with zero attached hydrogens (tertiary/aromatic N) is 1. The molecule has 1 saturated carbocycles. The Morgan fingerprint density at radius 1 is 1.17 bits per heavy atom. The van der Waals surface area contributed by atoms with Crippen LogP contribution in [0.15, 0.2) is 49.1 Å². The molecule has 2 fully saturated rings. The zero-order valence-electron chi connectivity index (χ0n) is 27.8. The summed E-state index contributed by atoms with van der Waals surface area (Å²) in [5.74, 6) is 1.62. The highest BCUT2D eigenvalue weighted by Gasteiger charge is 2.43. The van der Waals surface area contributed by atoms with E-state index >= 15 is 0 Å². The molecule has 8 nitrogen and oxygen atoms in total. The summed E-state index contributed by atoms with van der Waals surface area (Å²) in [6.45, 7) is 11.3. The lowest BCUT2D eigenvalue weighted by atomic mass is 9.65. The van der Waals surface area contributed by atoms with E-state index in [4.69, 9.17) is 31.5 Å². The van der Waals surface area contributed by atoms with Gasteiger partial charge in [-0.1, -0.05) is 37.1 Å². The number of rotatable bonds is 15. The quantitative estimate of drug-likeness (QED) is 0.149. The Balaban J connectivity index is 1.39. The van der Waals surface area contributed by atoms with Gasteiger partial charge in [-0.2, -0.15) is 0 Å². The molecule has 2 aromatic rings. The Bertz CT molecular complexity index is 1400. The predicted octanol–water partition coefficient (Wildman–Crippen LogP) is 7.36. The molecule has 0 bridgehead atoms. The van der Waals surface area contributed by atoms with Crippen molar-refractivity contribution in [3.63, 3.8) is 0 Å². The summed E-state index contributed by atoms with van der Waals surface area (Å²) < 4.78 is 40.2. The summed E-state index contributed by atoms with van der Waals surface area (Å²) >= 11 is 4.63. The highest BCUT2D eigenvalue weighted by molar-refractivity contribution is 7.79. The molecule has 0 spiro atoms. The fourth-order valence-corrected chi connectivity index (χ4v) is 8.27. The molecular formula is C37H51ClN2O6S. The Morgan fingerprint density at radius 3 is 2.64 bits per heavy atom. The number of fused-ring (bicyclic) bond motifs is 1. The Kier molecular flexibility index (Phi) is 12.8. The number of aryl methyl sites for hydroxylation is 1. The molecule has 0 aromatic heterocycles. The van der Waals surface area contributed by atoms with Crippen LogP contribution in [-0.4, -0.2) is 59.1 Å². The summed E-state index contributed by atoms with van der Waals surface area (Å²) in [5, 5.41) is 0.464. The average Bonchev–Trinajstić information content (AvgIpc) is 3.24. The standard InChI is InChI=1S/C37H51ClN2O6S/c1-4-5-9-26-19-30(38)13-15-31(26)29-22-40(34-20-27(36(39)41)12-16-35(34)46-23-29)21-28-11-14-32(28)33(37-44-17-7-18-45-37)10-6-8-24(2)25(3)47(42)43/h4,12-13,15-16,19-20,24-25,28-29,32-33,37H,1,5-11,14,17-18,21-23H2,2-3H3,(H2,39,41)(H,42,43)/t24-,25+,28-,29-,32+,33+/m0/s1. The summed E-state index contributed by atoms with van der Waals surface area (Å²) in [6, 6.07) is 11.6. The number of anilines is 1. The lowest BCUT2D eigenvalue weighted by Gasteiger charge is -2.47. The van der Waals surface area contributed by atoms with Crippen molar-refractivity contribution in [3.05, 3.63) is 70.8 Å². The summed E-state index contributed by atoms with van der Waals surface area (Å²) in [6.07, 6.45) is 9.32. The molecule has 1 amide bonds. The zero-order valence-corrected chi connectivity index (χ0v) is 29.4. The smallest absolute Gasteiger partial charge is 0.248 e. The van der Waals surface area contributed by atoms with Gasteiger partial charge in [0, 0.05) is 35.5 Å². The minimum absolute atomic E-state index is 0.0939. The number of primary amides is 1. The van der Waals surface area contributed by atoms with E-state index < -0.39 is 17.0 Å². The number of hydrogen-bond acceptors (Lipinski definition) is 6. The van der Waals surface area contributed by atoms with E-state index in [2.05, 4.69) is 30.5 Å². The van der Waals surface area contributed by atoms with Crippen molar-refractivity contribution in [1.29, 1.82) is 0 Å². The van der Waals surface area contributed by atoms with Crippen molar-refractivity contribution in [2.75, 3.05) is 37.8 Å². The summed E-state index contributed by atoms with van der Waals surface area (Å²) in [4.78, 5) is 14.7. The number of ether oxygens (including phenoxy) is 3. The van der Waals surface area contributed by atoms with Crippen LogP contribution in [0.25, 0.3) is 0 Å². The number of halogens is 1. The third kappa shape index (κ3) is 8.98. The highest BCUT2D eigenvalue weighted by atomic mass is 35.5. The highest BCUT2D eigenvalue weighted by Crippen LogP contribution is 2.47. The normalized spacial score (nSPS) is 24.2. The van der Waals surface area contributed by atoms with Gasteiger partial charge in [0.1, 0.15) is 5.75 Å². The SMILES string of the molecule is C=CCCc1cc(Cl)ccc1[C@@H]1COc2ccc(C(N)=O)cc2N(C[C@@H]2CC[C@H]2[C@@H](CCC[C@H](C)[C@@H](C)S(=O)O)C2OCCCO2)C1. The van der Waals surface area contributed by atoms with Crippen LogP contribution in [0.2, 0.25) is 5.02 Å². The van der Waals surface area contributed by atoms with Crippen LogP contribution in [0.1, 0.15) is 86.2 Å². The molecule has 47 heavy (non-hydrogen) atoms. The van der Waals surface area contributed by atoms with Gasteiger partial charge in [-0.25, -0.2) is 4.21 Å². The molecule has 3 aliphatic rings. The van der Waals surface area contributed by atoms with Crippen LogP contribution in [0, 0.1) is 23.7 Å². The summed E-state index contributed by atoms with van der Waals surface area (Å²) in [7, 11) is 0. The fraction of sp³-hybridized carbons (Fsp3) is 0.595. The predicted molar refractivity (Wildman–Crippen MR) is 189 cm³/mol. The van der Waals surface area contributed by atoms with Gasteiger partial charge in [0.25, 0.3) is 0 Å². The lowest BCUT2D eigenvalue weighted by molar-refractivity contribution is -0.224. The number of benzene rings is 2. The van der Waals surface area contributed by atoms with Gasteiger partial charge in [-0.15, -0.1) is 6.58 Å². The molecule has 1 unspecified atom stereocenters. The third-order valence-corrected chi connectivity index (χ3v) is 12.0. The third-order valence-electron chi connectivity index (χ3n) is 10.6. The zero-order chi connectivity index (χ0) is 33.5. The number of carbonyl (C=O) groups excluding carboxylic acids is 1. The number of carbonyl (C=O) groups is 1. The molecule has 2 aliphatic heterocycles. The van der Waals surface area contributed by atoms with Crippen LogP contribution in [0.4, 0.5) is 5.69 Å². The first-order valence-electron chi connectivity index (χ1n) is 17.2. The van der Waals surface area contributed by atoms with Gasteiger partial charge in [0.2, 0.25) is 5.91 Å². The molecule has 7 atom stereocenters. The van der Waals surface area contributed by atoms with E-state index in [1.54, 1.807) is 6.07 Å². The molecule has 10 heteroatoms. The van der Waals surface area contributed by atoms with E-state index in [0.717, 1.165) is 80.9 Å². The van der Waals surface area contributed by atoms with Crippen molar-refractivity contribution in [3.8, 4) is 5.75 Å². The van der Waals surface area contributed by atoms with Gasteiger partial charge < -0.3 is 29.4 Å². The monoisotopic (exact) mass is 686 g/mol. The minimum atomic E-state index is -1.82. The van der Waals surface area contributed by atoms with Crippen molar-refractivity contribution in [2.45, 2.75) is 82.7 Å². The topological polar surface area (TPSA) is 111 Å². The van der Waals surface area contributed by atoms with E-state index in [9.17, 15) is 13.6 Å². The van der Waals surface area contributed by atoms with Gasteiger partial charge >= 0.3 is 0 Å². The number of allylic oxidation sites excluding steroid dienone is 1. The van der Waals surface area contributed by atoms with Crippen LogP contribution in [0.3, 0.4) is 0 Å². The molecule has 3 N–H and O–H groups in total. The largest absolute Gasteiger partial charge is 0.491 e. The Hall–Kier alpha value is -2.43. The van der Waals surface area contributed by atoms with Crippen molar-refractivity contribution < 1.29 is 27.8 Å². The second-order valence-corrected chi connectivity index (χ2v) is 15.4. The van der Waals surface area contributed by atoms with Crippen LogP contribution < -0.4 is 15.4 Å². The number of nitrogens with two attached hydrogens (primary N) is 1. The van der Waals surface area contributed by atoms with E-state index in [1.807, 2.05) is 31.2 Å². The molecule has 5 rings (SSSR count). The van der Waals surface area contributed by atoms with E-state index in [0.29, 0.717) is 37.2 Å². The molecule has 258 valence electrons. The van der Waals surface area contributed by atoms with Crippen LogP contribution >= 0.6 is 11.6 Å². The number of hydrogen-bond donors (Lipinski definition) is 2. The first-order valence-corrected chi connectivity index (χ1v) is 18.7. The second-order valence-electron chi connectivity index (χ2n) is 13.6. The maximum absolute atomic E-state index is 12.3. The van der Waals surface area contributed by atoms with Crippen LogP contribution in [-0.2, 0) is 27.0 Å². The second kappa shape index (κ2) is 16.8. The lowest BCUT2D eigenvalue weighted by Crippen LogP contribution is -2.47. The van der Waals surface area contributed by atoms with Gasteiger partial charge in [-0.05, 0) is 111 Å². The minimum Gasteiger partial charge on any atom is -0.491 e. The fourth-order valence-electron chi connectivity index (χ4n) is 7.54. The molecule has 2 aromatic carbocycles. The van der Waals surface area contributed by atoms with Gasteiger partial charge in [0.05, 0.1) is 30.8 Å². The van der Waals surface area contributed by atoms with E-state index in [1.165, 1.54) is 11.1 Å². The maximum atomic E-state index is 12.3.